The van der Waals surface area contributed by atoms with E-state index in [1.807, 2.05) is 12.1 Å². The molecule has 2 heterocycles. The molecule has 0 saturated carbocycles. The second-order valence-electron chi connectivity index (χ2n) is 2.44. The van der Waals surface area contributed by atoms with Crippen molar-refractivity contribution >= 4 is 45.2 Å². The van der Waals surface area contributed by atoms with Crippen molar-refractivity contribution in [3.63, 3.8) is 0 Å². The third-order valence-electron chi connectivity index (χ3n) is 1.50. The molecule has 6 heteroatoms. The maximum atomic E-state index is 4.22. The molecule has 0 aromatic carbocycles. The second-order valence-corrected chi connectivity index (χ2v) is 4.37. The van der Waals surface area contributed by atoms with E-state index >= 15 is 0 Å². The fraction of sp³-hybridized carbons (Fsp3) is 0. The SMILES string of the molecule is Ic1nc(I)nc(-c2cccnc2)n1. The lowest BCUT2D eigenvalue weighted by atomic mass is 10.3. The third-order valence-corrected chi connectivity index (χ3v) is 2.47. The molecule has 0 fully saturated rings. The van der Waals surface area contributed by atoms with Crippen molar-refractivity contribution in [2.75, 3.05) is 0 Å². The molecular weight excluding hydrogens is 406 g/mol. The van der Waals surface area contributed by atoms with Gasteiger partial charge in [0.25, 0.3) is 0 Å². The monoisotopic (exact) mass is 410 g/mol. The highest BCUT2D eigenvalue weighted by atomic mass is 127. The van der Waals surface area contributed by atoms with Gasteiger partial charge in [0.05, 0.1) is 0 Å². The van der Waals surface area contributed by atoms with E-state index in [4.69, 9.17) is 0 Å². The van der Waals surface area contributed by atoms with Crippen molar-refractivity contribution < 1.29 is 0 Å². The molecule has 2 aromatic rings. The number of pyridine rings is 1. The van der Waals surface area contributed by atoms with Crippen LogP contribution in [0.15, 0.2) is 24.5 Å². The average Bonchev–Trinajstić information content (AvgIpc) is 2.18. The van der Waals surface area contributed by atoms with E-state index in [0.717, 1.165) is 5.56 Å². The molecule has 0 N–H and O–H groups in total. The normalized spacial score (nSPS) is 10.1. The van der Waals surface area contributed by atoms with Crippen molar-refractivity contribution in [1.29, 1.82) is 0 Å². The Balaban J connectivity index is 2.52. The summed E-state index contributed by atoms with van der Waals surface area (Å²) in [4.78, 5) is 16.6. The maximum absolute atomic E-state index is 4.22. The summed E-state index contributed by atoms with van der Waals surface area (Å²) in [7, 11) is 0. The van der Waals surface area contributed by atoms with Crippen LogP contribution < -0.4 is 0 Å². The van der Waals surface area contributed by atoms with Crippen LogP contribution in [0.3, 0.4) is 0 Å². The molecule has 70 valence electrons. The highest BCUT2D eigenvalue weighted by Gasteiger charge is 2.04. The predicted octanol–water partition coefficient (Wildman–Crippen LogP) is 2.14. The first-order valence-corrected chi connectivity index (χ1v) is 5.89. The minimum absolute atomic E-state index is 0.668. The Labute approximate surface area is 108 Å². The molecule has 0 aliphatic heterocycles. The van der Waals surface area contributed by atoms with Crippen LogP contribution in [0, 0.1) is 7.66 Å². The van der Waals surface area contributed by atoms with Gasteiger partial charge in [0.2, 0.25) is 0 Å². The minimum Gasteiger partial charge on any atom is -0.264 e. The Kier molecular flexibility index (Phi) is 3.21. The second kappa shape index (κ2) is 4.43. The molecule has 0 amide bonds. The summed E-state index contributed by atoms with van der Waals surface area (Å²) < 4.78 is 1.39. The molecule has 0 bridgehead atoms. The summed E-state index contributed by atoms with van der Waals surface area (Å²) in [5.74, 6) is 0.668. The Morgan fingerprint density at radius 1 is 1.00 bits per heavy atom. The zero-order valence-corrected chi connectivity index (χ0v) is 11.2. The van der Waals surface area contributed by atoms with E-state index in [0.29, 0.717) is 13.5 Å². The standard InChI is InChI=1S/C8H4I2N4/c9-7-12-6(13-8(10)14-7)5-2-1-3-11-4-5/h1-4H. The van der Waals surface area contributed by atoms with Gasteiger partial charge in [-0.3, -0.25) is 4.98 Å². The molecule has 0 aliphatic rings. The molecule has 14 heavy (non-hydrogen) atoms. The van der Waals surface area contributed by atoms with Crippen LogP contribution in [-0.2, 0) is 0 Å². The number of hydrogen-bond donors (Lipinski definition) is 0. The fourth-order valence-electron chi connectivity index (χ4n) is 0.950. The molecule has 0 radical (unpaired) electrons. The Morgan fingerprint density at radius 3 is 2.29 bits per heavy atom. The summed E-state index contributed by atoms with van der Waals surface area (Å²) in [6, 6.07) is 3.79. The fourth-order valence-corrected chi connectivity index (χ4v) is 2.33. The van der Waals surface area contributed by atoms with Crippen LogP contribution in [0.1, 0.15) is 0 Å². The van der Waals surface area contributed by atoms with Gasteiger partial charge in [0.15, 0.2) is 13.5 Å². The summed E-state index contributed by atoms with van der Waals surface area (Å²) >= 11 is 4.14. The van der Waals surface area contributed by atoms with Gasteiger partial charge in [-0.25, -0.2) is 9.97 Å². The largest absolute Gasteiger partial charge is 0.264 e. The molecule has 4 nitrogen and oxygen atoms in total. The van der Waals surface area contributed by atoms with E-state index in [9.17, 15) is 0 Å². The molecule has 0 unspecified atom stereocenters. The highest BCUT2D eigenvalue weighted by molar-refractivity contribution is 14.1. The summed E-state index contributed by atoms with van der Waals surface area (Å²) in [6.07, 6.45) is 3.46. The van der Waals surface area contributed by atoms with Gasteiger partial charge in [-0.15, -0.1) is 0 Å². The van der Waals surface area contributed by atoms with Crippen molar-refractivity contribution in [1.82, 2.24) is 19.9 Å². The topological polar surface area (TPSA) is 51.6 Å². The van der Waals surface area contributed by atoms with Crippen LogP contribution in [0.25, 0.3) is 11.4 Å². The van der Waals surface area contributed by atoms with Gasteiger partial charge in [-0.2, -0.15) is 4.98 Å². The zero-order chi connectivity index (χ0) is 9.97. The first kappa shape index (κ1) is 10.1. The minimum atomic E-state index is 0.668. The summed E-state index contributed by atoms with van der Waals surface area (Å²) in [5, 5.41) is 0. The van der Waals surface area contributed by atoms with Crippen molar-refractivity contribution in [2.45, 2.75) is 0 Å². The smallest absolute Gasteiger partial charge is 0.195 e. The van der Waals surface area contributed by atoms with Crippen LogP contribution >= 0.6 is 45.2 Å². The lowest BCUT2D eigenvalue weighted by molar-refractivity contribution is 0.975. The third kappa shape index (κ3) is 2.35. The number of rotatable bonds is 1. The number of hydrogen-bond acceptors (Lipinski definition) is 4. The molecule has 0 saturated heterocycles. The van der Waals surface area contributed by atoms with Crippen molar-refractivity contribution in [2.24, 2.45) is 0 Å². The van der Waals surface area contributed by atoms with Gasteiger partial charge in [0.1, 0.15) is 0 Å². The molecular formula is C8H4I2N4. The van der Waals surface area contributed by atoms with Gasteiger partial charge >= 0.3 is 0 Å². The van der Waals surface area contributed by atoms with Crippen LogP contribution in [0.2, 0.25) is 0 Å². The summed E-state index contributed by atoms with van der Waals surface area (Å²) in [5.41, 5.74) is 0.908. The van der Waals surface area contributed by atoms with E-state index in [1.165, 1.54) is 0 Å². The Hall–Kier alpha value is -0.380. The predicted molar refractivity (Wildman–Crippen MR) is 68.5 cm³/mol. The Bertz CT molecular complexity index is 426. The highest BCUT2D eigenvalue weighted by Crippen LogP contribution is 2.14. The van der Waals surface area contributed by atoms with Crippen LogP contribution in [0.5, 0.6) is 0 Å². The van der Waals surface area contributed by atoms with E-state index in [2.05, 4.69) is 65.1 Å². The molecule has 0 spiro atoms. The summed E-state index contributed by atoms with van der Waals surface area (Å²) in [6.45, 7) is 0. The molecule has 0 atom stereocenters. The lowest BCUT2D eigenvalue weighted by Crippen LogP contribution is -1.98. The molecule has 2 aromatic heterocycles. The van der Waals surface area contributed by atoms with Gasteiger partial charge in [-0.05, 0) is 12.1 Å². The maximum Gasteiger partial charge on any atom is 0.195 e. The average molecular weight is 410 g/mol. The first-order valence-electron chi connectivity index (χ1n) is 3.73. The van der Waals surface area contributed by atoms with Gasteiger partial charge in [0, 0.05) is 63.1 Å². The van der Waals surface area contributed by atoms with Crippen molar-refractivity contribution in [3.8, 4) is 11.4 Å². The van der Waals surface area contributed by atoms with E-state index in [-0.39, 0.29) is 0 Å². The van der Waals surface area contributed by atoms with Crippen molar-refractivity contribution in [3.05, 3.63) is 32.2 Å². The number of aromatic nitrogens is 4. The van der Waals surface area contributed by atoms with Crippen LogP contribution in [-0.4, -0.2) is 19.9 Å². The van der Waals surface area contributed by atoms with E-state index in [1.54, 1.807) is 12.4 Å². The number of halogens is 2. The molecule has 0 aliphatic carbocycles. The van der Waals surface area contributed by atoms with Gasteiger partial charge in [-0.1, -0.05) is 0 Å². The number of nitrogens with zero attached hydrogens (tertiary/aromatic N) is 4. The lowest BCUT2D eigenvalue weighted by Gasteiger charge is -1.99. The van der Waals surface area contributed by atoms with E-state index < -0.39 is 0 Å². The molecule has 2 rings (SSSR count). The quantitative estimate of drug-likeness (QED) is 0.677. The van der Waals surface area contributed by atoms with Gasteiger partial charge < -0.3 is 0 Å². The zero-order valence-electron chi connectivity index (χ0n) is 6.85. The Morgan fingerprint density at radius 2 is 1.71 bits per heavy atom. The first-order chi connectivity index (χ1) is 6.75. The van der Waals surface area contributed by atoms with Crippen LogP contribution in [0.4, 0.5) is 0 Å².